The molecule has 1 rings (SSSR count). The molecule has 3 nitrogen and oxygen atoms in total. The molecule has 4 heteroatoms. The van der Waals surface area contributed by atoms with Crippen LogP contribution < -0.4 is 10.5 Å². The maximum Gasteiger partial charge on any atom is 0.215 e. The molecule has 2 N–H and O–H groups in total. The summed E-state index contributed by atoms with van der Waals surface area (Å²) in [5.41, 5.74) is 5.35. The quantitative estimate of drug-likeness (QED) is 0.710. The number of anilines is 1. The number of hydrogen-bond acceptors (Lipinski definition) is 3. The molecule has 1 aromatic rings. The highest BCUT2D eigenvalue weighted by molar-refractivity contribution is 5.30. The van der Waals surface area contributed by atoms with Gasteiger partial charge in [0.05, 0.1) is 0 Å². The molecular weight excluding hydrogens is 147 g/mol. The Balaban J connectivity index is 2.56. The molecule has 0 saturated heterocycles. The van der Waals surface area contributed by atoms with Crippen LogP contribution in [0.5, 0.6) is 5.88 Å². The fourth-order valence-electron chi connectivity index (χ4n) is 0.654. The summed E-state index contributed by atoms with van der Waals surface area (Å²) in [7, 11) is 0. The summed E-state index contributed by atoms with van der Waals surface area (Å²) in [6.07, 6.45) is 0. The second kappa shape index (κ2) is 3.75. The van der Waals surface area contributed by atoms with Gasteiger partial charge in [0.2, 0.25) is 5.88 Å². The Morgan fingerprint density at radius 2 is 2.36 bits per heavy atom. The molecule has 0 amide bonds. The minimum Gasteiger partial charge on any atom is -0.475 e. The lowest BCUT2D eigenvalue weighted by molar-refractivity contribution is 0.265. The summed E-state index contributed by atoms with van der Waals surface area (Å²) < 4.78 is 16.5. The second-order valence-electron chi connectivity index (χ2n) is 1.94. The summed E-state index contributed by atoms with van der Waals surface area (Å²) in [4.78, 5) is 3.80. The van der Waals surface area contributed by atoms with Gasteiger partial charge in [-0.1, -0.05) is 6.07 Å². The van der Waals surface area contributed by atoms with Gasteiger partial charge in [0.25, 0.3) is 0 Å². The van der Waals surface area contributed by atoms with Gasteiger partial charge in [0.1, 0.15) is 19.1 Å². The van der Waals surface area contributed by atoms with Crippen molar-refractivity contribution in [2.24, 2.45) is 0 Å². The molecular formula is C7H9FN2O. The Kier molecular flexibility index (Phi) is 2.66. The standard InChI is InChI=1S/C7H9FN2O/c8-4-5-11-7-3-1-2-6(9)10-7/h1-3H,4-5H2,(H2,9,10). The van der Waals surface area contributed by atoms with Gasteiger partial charge >= 0.3 is 0 Å². The summed E-state index contributed by atoms with van der Waals surface area (Å²) >= 11 is 0. The molecule has 0 aliphatic heterocycles. The first-order valence-corrected chi connectivity index (χ1v) is 3.24. The maximum atomic E-state index is 11.6. The predicted octanol–water partition coefficient (Wildman–Crippen LogP) is 1.01. The highest BCUT2D eigenvalue weighted by Crippen LogP contribution is 2.07. The van der Waals surface area contributed by atoms with Gasteiger partial charge in [-0.25, -0.2) is 4.39 Å². The van der Waals surface area contributed by atoms with E-state index in [1.807, 2.05) is 0 Å². The van der Waals surface area contributed by atoms with Crippen LogP contribution in [0.1, 0.15) is 0 Å². The first-order valence-electron chi connectivity index (χ1n) is 3.24. The van der Waals surface area contributed by atoms with Gasteiger partial charge in [-0.2, -0.15) is 4.98 Å². The average Bonchev–Trinajstić information content (AvgIpc) is 2.01. The monoisotopic (exact) mass is 156 g/mol. The Hall–Kier alpha value is -1.32. The largest absolute Gasteiger partial charge is 0.475 e. The summed E-state index contributed by atoms with van der Waals surface area (Å²) in [5.74, 6) is 0.740. The smallest absolute Gasteiger partial charge is 0.215 e. The molecule has 0 aliphatic carbocycles. The van der Waals surface area contributed by atoms with Crippen LogP contribution in [0.3, 0.4) is 0 Å². The minimum atomic E-state index is -0.517. The number of rotatable bonds is 3. The maximum absolute atomic E-state index is 11.6. The van der Waals surface area contributed by atoms with E-state index in [4.69, 9.17) is 10.5 Å². The van der Waals surface area contributed by atoms with Crippen molar-refractivity contribution in [1.82, 2.24) is 4.98 Å². The number of nitrogens with zero attached hydrogens (tertiary/aromatic N) is 1. The lowest BCUT2D eigenvalue weighted by Gasteiger charge is -2.01. The van der Waals surface area contributed by atoms with Crippen LogP contribution in [0, 0.1) is 0 Å². The molecule has 0 atom stereocenters. The molecule has 0 aliphatic rings. The van der Waals surface area contributed by atoms with Crippen molar-refractivity contribution in [2.75, 3.05) is 19.0 Å². The molecule has 0 aromatic carbocycles. The third-order valence-corrected chi connectivity index (χ3v) is 1.07. The molecule has 0 saturated carbocycles. The molecule has 0 spiro atoms. The van der Waals surface area contributed by atoms with Gasteiger partial charge in [0.15, 0.2) is 0 Å². The van der Waals surface area contributed by atoms with E-state index in [1.54, 1.807) is 18.2 Å². The van der Waals surface area contributed by atoms with E-state index < -0.39 is 6.67 Å². The number of alkyl halides is 1. The fraction of sp³-hybridized carbons (Fsp3) is 0.286. The Bertz CT molecular complexity index is 229. The number of ether oxygens (including phenoxy) is 1. The van der Waals surface area contributed by atoms with Crippen LogP contribution in [0.15, 0.2) is 18.2 Å². The van der Waals surface area contributed by atoms with Crippen LogP contribution in [0.25, 0.3) is 0 Å². The number of pyridine rings is 1. The Morgan fingerprint density at radius 1 is 1.55 bits per heavy atom. The molecule has 0 radical (unpaired) electrons. The molecule has 0 bridgehead atoms. The molecule has 1 heterocycles. The molecule has 0 unspecified atom stereocenters. The third-order valence-electron chi connectivity index (χ3n) is 1.07. The molecule has 11 heavy (non-hydrogen) atoms. The van der Waals surface area contributed by atoms with Crippen molar-refractivity contribution >= 4 is 5.82 Å². The lowest BCUT2D eigenvalue weighted by Crippen LogP contribution is -2.01. The van der Waals surface area contributed by atoms with Crippen molar-refractivity contribution in [3.8, 4) is 5.88 Å². The van der Waals surface area contributed by atoms with Crippen molar-refractivity contribution < 1.29 is 9.13 Å². The second-order valence-corrected chi connectivity index (χ2v) is 1.94. The highest BCUT2D eigenvalue weighted by Gasteiger charge is 1.93. The number of nitrogen functional groups attached to an aromatic ring is 1. The molecule has 60 valence electrons. The summed E-state index contributed by atoms with van der Waals surface area (Å²) in [6, 6.07) is 4.98. The van der Waals surface area contributed by atoms with E-state index >= 15 is 0 Å². The minimum absolute atomic E-state index is 0.0243. The average molecular weight is 156 g/mol. The lowest BCUT2D eigenvalue weighted by atomic mass is 10.4. The zero-order chi connectivity index (χ0) is 8.10. The first-order chi connectivity index (χ1) is 5.33. The zero-order valence-electron chi connectivity index (χ0n) is 5.96. The van der Waals surface area contributed by atoms with Crippen LogP contribution in [0.4, 0.5) is 10.2 Å². The van der Waals surface area contributed by atoms with Crippen molar-refractivity contribution in [3.63, 3.8) is 0 Å². The molecule has 0 fully saturated rings. The van der Waals surface area contributed by atoms with Gasteiger partial charge in [0, 0.05) is 6.07 Å². The van der Waals surface area contributed by atoms with E-state index in [-0.39, 0.29) is 6.61 Å². The van der Waals surface area contributed by atoms with Gasteiger partial charge in [-0.15, -0.1) is 0 Å². The van der Waals surface area contributed by atoms with Crippen LogP contribution in [0.2, 0.25) is 0 Å². The van der Waals surface area contributed by atoms with Gasteiger partial charge < -0.3 is 10.5 Å². The number of hydrogen-bond donors (Lipinski definition) is 1. The van der Waals surface area contributed by atoms with E-state index in [0.29, 0.717) is 11.7 Å². The van der Waals surface area contributed by atoms with E-state index in [0.717, 1.165) is 0 Å². The molecule has 1 aromatic heterocycles. The van der Waals surface area contributed by atoms with Crippen molar-refractivity contribution in [2.45, 2.75) is 0 Å². The number of halogens is 1. The zero-order valence-corrected chi connectivity index (χ0v) is 5.96. The Labute approximate surface area is 64.0 Å². The van der Waals surface area contributed by atoms with E-state index in [1.165, 1.54) is 0 Å². The van der Waals surface area contributed by atoms with E-state index in [9.17, 15) is 4.39 Å². The first kappa shape index (κ1) is 7.78. The summed E-state index contributed by atoms with van der Waals surface area (Å²) in [5, 5.41) is 0. The highest BCUT2D eigenvalue weighted by atomic mass is 19.1. The number of nitrogens with two attached hydrogens (primary N) is 1. The fourth-order valence-corrected chi connectivity index (χ4v) is 0.654. The topological polar surface area (TPSA) is 48.1 Å². The van der Waals surface area contributed by atoms with Crippen molar-refractivity contribution in [3.05, 3.63) is 18.2 Å². The van der Waals surface area contributed by atoms with Gasteiger partial charge in [-0.05, 0) is 6.07 Å². The number of aromatic nitrogens is 1. The van der Waals surface area contributed by atoms with Gasteiger partial charge in [-0.3, -0.25) is 0 Å². The van der Waals surface area contributed by atoms with Crippen LogP contribution in [-0.2, 0) is 0 Å². The van der Waals surface area contributed by atoms with Crippen molar-refractivity contribution in [1.29, 1.82) is 0 Å². The van der Waals surface area contributed by atoms with E-state index in [2.05, 4.69) is 4.98 Å². The normalized spacial score (nSPS) is 9.55. The SMILES string of the molecule is Nc1cccc(OCCF)n1. The van der Waals surface area contributed by atoms with Crippen LogP contribution >= 0.6 is 0 Å². The Morgan fingerprint density at radius 3 is 3.00 bits per heavy atom. The third kappa shape index (κ3) is 2.41. The van der Waals surface area contributed by atoms with Crippen LogP contribution in [-0.4, -0.2) is 18.3 Å². The predicted molar refractivity (Wildman–Crippen MR) is 40.1 cm³/mol. The summed E-state index contributed by atoms with van der Waals surface area (Å²) in [6.45, 7) is -0.493.